The van der Waals surface area contributed by atoms with Crippen LogP contribution in [0.4, 0.5) is 17.6 Å². The van der Waals surface area contributed by atoms with Crippen LogP contribution in [0, 0.1) is 23.3 Å². The van der Waals surface area contributed by atoms with Crippen LogP contribution in [0.3, 0.4) is 0 Å². The molecule has 0 unspecified atom stereocenters. The minimum atomic E-state index is -1.15. The SMILES string of the molecule is CCOc1ccc(-c2ccc(OCc3ccc(F)c(F)c3)c(F)c2F)cc1. The molecule has 0 heterocycles. The molecule has 0 aliphatic rings. The lowest BCUT2D eigenvalue weighted by molar-refractivity contribution is 0.284. The highest BCUT2D eigenvalue weighted by molar-refractivity contribution is 5.66. The van der Waals surface area contributed by atoms with Crippen LogP contribution in [-0.2, 0) is 6.61 Å². The van der Waals surface area contributed by atoms with Crippen LogP contribution >= 0.6 is 0 Å². The highest BCUT2D eigenvalue weighted by Gasteiger charge is 2.16. The van der Waals surface area contributed by atoms with Gasteiger partial charge in [-0.2, -0.15) is 4.39 Å². The molecular formula is C21H16F4O2. The van der Waals surface area contributed by atoms with E-state index in [-0.39, 0.29) is 17.9 Å². The summed E-state index contributed by atoms with van der Waals surface area (Å²) < 4.78 is 65.4. The van der Waals surface area contributed by atoms with E-state index < -0.39 is 23.3 Å². The molecule has 0 spiro atoms. The van der Waals surface area contributed by atoms with Gasteiger partial charge in [-0.25, -0.2) is 13.2 Å². The molecule has 6 heteroatoms. The molecule has 3 aromatic carbocycles. The van der Waals surface area contributed by atoms with E-state index in [0.717, 1.165) is 12.1 Å². The van der Waals surface area contributed by atoms with Gasteiger partial charge < -0.3 is 9.47 Å². The molecule has 3 aromatic rings. The summed E-state index contributed by atoms with van der Waals surface area (Å²) in [5.41, 5.74) is 0.863. The van der Waals surface area contributed by atoms with Gasteiger partial charge in [-0.15, -0.1) is 0 Å². The molecule has 140 valence electrons. The Hall–Kier alpha value is -3.02. The van der Waals surface area contributed by atoms with E-state index in [2.05, 4.69) is 0 Å². The zero-order valence-electron chi connectivity index (χ0n) is 14.4. The number of ether oxygens (including phenoxy) is 2. The first-order valence-electron chi connectivity index (χ1n) is 8.27. The summed E-state index contributed by atoms with van der Waals surface area (Å²) in [6.45, 7) is 2.13. The molecule has 0 aliphatic heterocycles. The van der Waals surface area contributed by atoms with Gasteiger partial charge in [-0.05, 0) is 54.4 Å². The molecule has 0 bridgehead atoms. The zero-order chi connectivity index (χ0) is 19.4. The molecule has 0 radical (unpaired) electrons. The summed E-state index contributed by atoms with van der Waals surface area (Å²) in [6, 6.07) is 12.5. The Bertz CT molecular complexity index is 940. The minimum absolute atomic E-state index is 0.0794. The maximum absolute atomic E-state index is 14.4. The molecule has 27 heavy (non-hydrogen) atoms. The van der Waals surface area contributed by atoms with Crippen LogP contribution in [0.15, 0.2) is 54.6 Å². The van der Waals surface area contributed by atoms with Gasteiger partial charge in [0.05, 0.1) is 6.61 Å². The topological polar surface area (TPSA) is 18.5 Å². The first-order valence-corrected chi connectivity index (χ1v) is 8.27. The third-order valence-corrected chi connectivity index (χ3v) is 3.90. The van der Waals surface area contributed by atoms with E-state index in [4.69, 9.17) is 9.47 Å². The largest absolute Gasteiger partial charge is 0.494 e. The van der Waals surface area contributed by atoms with E-state index in [0.29, 0.717) is 23.5 Å². The summed E-state index contributed by atoms with van der Waals surface area (Å²) >= 11 is 0. The van der Waals surface area contributed by atoms with Gasteiger partial charge in [-0.1, -0.05) is 18.2 Å². The summed E-state index contributed by atoms with van der Waals surface area (Å²) in [6.07, 6.45) is 0. The van der Waals surface area contributed by atoms with Crippen molar-refractivity contribution in [2.24, 2.45) is 0 Å². The van der Waals surface area contributed by atoms with Crippen molar-refractivity contribution in [3.8, 4) is 22.6 Å². The highest BCUT2D eigenvalue weighted by atomic mass is 19.2. The quantitative estimate of drug-likeness (QED) is 0.500. The number of hydrogen-bond acceptors (Lipinski definition) is 2. The molecule has 3 rings (SSSR count). The van der Waals surface area contributed by atoms with Gasteiger partial charge >= 0.3 is 0 Å². The van der Waals surface area contributed by atoms with Crippen molar-refractivity contribution >= 4 is 0 Å². The Kier molecular flexibility index (Phi) is 5.64. The molecule has 0 atom stereocenters. The average molecular weight is 376 g/mol. The standard InChI is InChI=1S/C21H16F4O2/c1-2-26-15-6-4-14(5-7-15)16-8-10-19(21(25)20(16)24)27-12-13-3-9-17(22)18(23)11-13/h3-11H,2,12H2,1H3. The lowest BCUT2D eigenvalue weighted by atomic mass is 10.0. The van der Waals surface area contributed by atoms with Crippen LogP contribution in [0.25, 0.3) is 11.1 Å². The van der Waals surface area contributed by atoms with Gasteiger partial charge in [0.2, 0.25) is 5.82 Å². The molecule has 0 aromatic heterocycles. The average Bonchev–Trinajstić information content (AvgIpc) is 2.67. The van der Waals surface area contributed by atoms with Crippen LogP contribution in [0.1, 0.15) is 12.5 Å². The summed E-state index contributed by atoms with van der Waals surface area (Å²) in [4.78, 5) is 0. The van der Waals surface area contributed by atoms with E-state index in [1.807, 2.05) is 6.92 Å². The van der Waals surface area contributed by atoms with Gasteiger partial charge in [-0.3, -0.25) is 0 Å². The molecule has 0 amide bonds. The Morgan fingerprint density at radius 2 is 1.48 bits per heavy atom. The normalized spacial score (nSPS) is 10.7. The zero-order valence-corrected chi connectivity index (χ0v) is 14.4. The number of halogens is 4. The molecular weight excluding hydrogens is 360 g/mol. The summed E-state index contributed by atoms with van der Waals surface area (Å²) in [5, 5.41) is 0. The number of hydrogen-bond donors (Lipinski definition) is 0. The van der Waals surface area contributed by atoms with Crippen LogP contribution in [-0.4, -0.2) is 6.61 Å². The fourth-order valence-corrected chi connectivity index (χ4v) is 2.55. The first-order chi connectivity index (χ1) is 13.0. The van der Waals surface area contributed by atoms with Gasteiger partial charge in [0.25, 0.3) is 0 Å². The third-order valence-electron chi connectivity index (χ3n) is 3.90. The highest BCUT2D eigenvalue weighted by Crippen LogP contribution is 2.31. The van der Waals surface area contributed by atoms with Crippen molar-refractivity contribution < 1.29 is 27.0 Å². The Morgan fingerprint density at radius 1 is 0.741 bits per heavy atom. The second kappa shape index (κ2) is 8.12. The van der Waals surface area contributed by atoms with E-state index in [1.165, 1.54) is 18.2 Å². The molecule has 0 fully saturated rings. The van der Waals surface area contributed by atoms with Crippen LogP contribution in [0.5, 0.6) is 11.5 Å². The van der Waals surface area contributed by atoms with E-state index in [9.17, 15) is 17.6 Å². The number of rotatable bonds is 6. The molecule has 0 saturated carbocycles. The lowest BCUT2D eigenvalue weighted by Gasteiger charge is -2.11. The number of benzene rings is 3. The smallest absolute Gasteiger partial charge is 0.201 e. The predicted octanol–water partition coefficient (Wildman–Crippen LogP) is 5.89. The van der Waals surface area contributed by atoms with Crippen molar-refractivity contribution in [2.45, 2.75) is 13.5 Å². The molecule has 0 N–H and O–H groups in total. The van der Waals surface area contributed by atoms with Crippen molar-refractivity contribution in [2.75, 3.05) is 6.61 Å². The van der Waals surface area contributed by atoms with E-state index >= 15 is 0 Å². The predicted molar refractivity (Wildman–Crippen MR) is 93.7 cm³/mol. The second-order valence-corrected chi connectivity index (χ2v) is 5.73. The van der Waals surface area contributed by atoms with Crippen molar-refractivity contribution in [3.63, 3.8) is 0 Å². The van der Waals surface area contributed by atoms with Gasteiger partial charge in [0, 0.05) is 5.56 Å². The summed E-state index contributed by atoms with van der Waals surface area (Å²) in [7, 11) is 0. The molecule has 0 aliphatic carbocycles. The molecule has 0 saturated heterocycles. The first kappa shape index (κ1) is 18.8. The Morgan fingerprint density at radius 3 is 2.15 bits per heavy atom. The lowest BCUT2D eigenvalue weighted by Crippen LogP contribution is -2.01. The van der Waals surface area contributed by atoms with Gasteiger partial charge in [0.15, 0.2) is 23.2 Å². The second-order valence-electron chi connectivity index (χ2n) is 5.73. The monoisotopic (exact) mass is 376 g/mol. The molecule has 2 nitrogen and oxygen atoms in total. The van der Waals surface area contributed by atoms with Crippen molar-refractivity contribution in [3.05, 3.63) is 83.4 Å². The fraction of sp³-hybridized carbons (Fsp3) is 0.143. The van der Waals surface area contributed by atoms with Crippen molar-refractivity contribution in [1.82, 2.24) is 0 Å². The minimum Gasteiger partial charge on any atom is -0.494 e. The fourth-order valence-electron chi connectivity index (χ4n) is 2.55. The van der Waals surface area contributed by atoms with Gasteiger partial charge in [0.1, 0.15) is 12.4 Å². The Balaban J connectivity index is 1.79. The van der Waals surface area contributed by atoms with Crippen molar-refractivity contribution in [1.29, 1.82) is 0 Å². The summed E-state index contributed by atoms with van der Waals surface area (Å²) in [5.74, 6) is -3.91. The van der Waals surface area contributed by atoms with Crippen LogP contribution < -0.4 is 9.47 Å². The van der Waals surface area contributed by atoms with E-state index in [1.54, 1.807) is 24.3 Å². The van der Waals surface area contributed by atoms with Crippen LogP contribution in [0.2, 0.25) is 0 Å². The third kappa shape index (κ3) is 4.22. The Labute approximate surface area is 154 Å². The maximum Gasteiger partial charge on any atom is 0.201 e. The maximum atomic E-state index is 14.4.